The number of alkyl halides is 4. The van der Waals surface area contributed by atoms with E-state index in [4.69, 9.17) is 0 Å². The SMILES string of the molecule is CCc1ccc(COC2=C(F)C(F)(F)C2(F)F)cc1. The van der Waals surface area contributed by atoms with Gasteiger partial charge in [0.1, 0.15) is 6.61 Å². The molecule has 0 aliphatic heterocycles. The van der Waals surface area contributed by atoms with Crippen LogP contribution in [0.5, 0.6) is 0 Å². The minimum Gasteiger partial charge on any atom is -0.484 e. The maximum atomic E-state index is 12.9. The van der Waals surface area contributed by atoms with E-state index < -0.39 is 23.4 Å². The van der Waals surface area contributed by atoms with Gasteiger partial charge in [0, 0.05) is 0 Å². The minimum absolute atomic E-state index is 0.377. The fourth-order valence-electron chi connectivity index (χ4n) is 1.68. The third-order valence-corrected chi connectivity index (χ3v) is 2.97. The molecule has 0 unspecified atom stereocenters. The van der Waals surface area contributed by atoms with Crippen molar-refractivity contribution in [3.8, 4) is 0 Å². The lowest BCUT2D eigenvalue weighted by molar-refractivity contribution is -0.233. The Bertz CT molecular complexity index is 504. The number of hydrogen-bond acceptors (Lipinski definition) is 1. The summed E-state index contributed by atoms with van der Waals surface area (Å²) < 4.78 is 68.1. The summed E-state index contributed by atoms with van der Waals surface area (Å²) in [6.07, 6.45) is 0.811. The summed E-state index contributed by atoms with van der Waals surface area (Å²) in [4.78, 5) is 0. The number of ether oxygens (including phenoxy) is 1. The highest BCUT2D eigenvalue weighted by Gasteiger charge is 2.74. The van der Waals surface area contributed by atoms with Crippen molar-refractivity contribution in [3.63, 3.8) is 0 Å². The molecular formula is C13H11F5O. The molecule has 0 heterocycles. The van der Waals surface area contributed by atoms with Crippen molar-refractivity contribution in [1.82, 2.24) is 0 Å². The lowest BCUT2D eigenvalue weighted by Gasteiger charge is -2.35. The topological polar surface area (TPSA) is 9.23 Å². The van der Waals surface area contributed by atoms with Gasteiger partial charge in [0.25, 0.3) is 0 Å². The Morgan fingerprint density at radius 3 is 1.95 bits per heavy atom. The molecule has 19 heavy (non-hydrogen) atoms. The average molecular weight is 278 g/mol. The molecule has 1 aromatic rings. The second-order valence-electron chi connectivity index (χ2n) is 4.25. The molecule has 6 heteroatoms. The van der Waals surface area contributed by atoms with Gasteiger partial charge in [-0.2, -0.15) is 17.6 Å². The summed E-state index contributed by atoms with van der Waals surface area (Å²) in [5.41, 5.74) is 1.54. The van der Waals surface area contributed by atoms with Crippen LogP contribution in [0.1, 0.15) is 18.1 Å². The number of benzene rings is 1. The molecule has 1 aliphatic carbocycles. The minimum atomic E-state index is -4.76. The molecule has 0 saturated carbocycles. The molecule has 104 valence electrons. The number of aryl methyl sites for hydroxylation is 1. The summed E-state index contributed by atoms with van der Waals surface area (Å²) in [5, 5.41) is 0. The van der Waals surface area contributed by atoms with Crippen LogP contribution in [-0.4, -0.2) is 11.8 Å². The molecule has 0 fully saturated rings. The highest BCUT2D eigenvalue weighted by Crippen LogP contribution is 2.56. The van der Waals surface area contributed by atoms with Crippen molar-refractivity contribution in [1.29, 1.82) is 0 Å². The van der Waals surface area contributed by atoms with E-state index >= 15 is 0 Å². The summed E-state index contributed by atoms with van der Waals surface area (Å²) >= 11 is 0. The Balaban J connectivity index is 2.05. The van der Waals surface area contributed by atoms with Crippen molar-refractivity contribution >= 4 is 0 Å². The number of rotatable bonds is 4. The quantitative estimate of drug-likeness (QED) is 0.749. The Morgan fingerprint density at radius 1 is 0.947 bits per heavy atom. The molecule has 0 saturated heterocycles. The van der Waals surface area contributed by atoms with Gasteiger partial charge in [-0.25, -0.2) is 4.39 Å². The molecule has 0 bridgehead atoms. The standard InChI is InChI=1S/C13H11F5O/c1-2-8-3-5-9(6-4-8)7-19-11-10(14)12(15,16)13(11,17)18/h3-6H,2,7H2,1H3. The molecule has 0 radical (unpaired) electrons. The highest BCUT2D eigenvalue weighted by molar-refractivity contribution is 5.35. The van der Waals surface area contributed by atoms with Crippen molar-refractivity contribution in [2.24, 2.45) is 0 Å². The average Bonchev–Trinajstić information content (AvgIpc) is 2.39. The van der Waals surface area contributed by atoms with E-state index in [-0.39, 0.29) is 6.61 Å². The molecule has 1 aliphatic rings. The van der Waals surface area contributed by atoms with Crippen molar-refractivity contribution in [2.75, 3.05) is 0 Å². The summed E-state index contributed by atoms with van der Waals surface area (Å²) in [6.45, 7) is 1.57. The van der Waals surface area contributed by atoms with Crippen LogP contribution in [0.15, 0.2) is 35.9 Å². The van der Waals surface area contributed by atoms with Crippen molar-refractivity contribution in [3.05, 3.63) is 47.0 Å². The van der Waals surface area contributed by atoms with E-state index in [1.807, 2.05) is 6.92 Å². The zero-order valence-corrected chi connectivity index (χ0v) is 10.0. The van der Waals surface area contributed by atoms with E-state index in [0.717, 1.165) is 12.0 Å². The largest absolute Gasteiger partial charge is 0.484 e. The van der Waals surface area contributed by atoms with Gasteiger partial charge in [0.05, 0.1) is 0 Å². The molecule has 1 aromatic carbocycles. The van der Waals surface area contributed by atoms with Gasteiger partial charge in [0.2, 0.25) is 11.6 Å². The van der Waals surface area contributed by atoms with Crippen LogP contribution < -0.4 is 0 Å². The van der Waals surface area contributed by atoms with Crippen molar-refractivity contribution in [2.45, 2.75) is 31.8 Å². The van der Waals surface area contributed by atoms with Crippen LogP contribution in [0.2, 0.25) is 0 Å². The summed E-state index contributed by atoms with van der Waals surface area (Å²) in [5.74, 6) is -13.1. The van der Waals surface area contributed by atoms with Crippen LogP contribution in [0.3, 0.4) is 0 Å². The highest BCUT2D eigenvalue weighted by atomic mass is 19.3. The Kier molecular flexibility index (Phi) is 3.28. The van der Waals surface area contributed by atoms with E-state index in [1.165, 1.54) is 0 Å². The Morgan fingerprint density at radius 2 is 1.47 bits per heavy atom. The number of allylic oxidation sites excluding steroid dienone is 2. The van der Waals surface area contributed by atoms with Crippen LogP contribution in [0.4, 0.5) is 22.0 Å². The first-order valence-corrected chi connectivity index (χ1v) is 5.67. The third kappa shape index (κ3) is 2.09. The van der Waals surface area contributed by atoms with E-state index in [2.05, 4.69) is 4.74 Å². The zero-order valence-electron chi connectivity index (χ0n) is 10.0. The van der Waals surface area contributed by atoms with Gasteiger partial charge < -0.3 is 4.74 Å². The first-order chi connectivity index (χ1) is 8.80. The molecule has 1 nitrogen and oxygen atoms in total. The normalized spacial score (nSPS) is 20.1. The number of hydrogen-bond donors (Lipinski definition) is 0. The molecular weight excluding hydrogens is 267 g/mol. The fraction of sp³-hybridized carbons (Fsp3) is 0.385. The Hall–Kier alpha value is -1.59. The lowest BCUT2D eigenvalue weighted by Crippen LogP contribution is -2.53. The van der Waals surface area contributed by atoms with Gasteiger partial charge in [-0.3, -0.25) is 0 Å². The smallest absolute Gasteiger partial charge is 0.375 e. The third-order valence-electron chi connectivity index (χ3n) is 2.97. The molecule has 2 rings (SSSR count). The Labute approximate surface area is 106 Å². The molecule has 0 aromatic heterocycles. The maximum absolute atomic E-state index is 12.9. The first kappa shape index (κ1) is 13.8. The van der Waals surface area contributed by atoms with E-state index in [9.17, 15) is 22.0 Å². The van der Waals surface area contributed by atoms with Crippen LogP contribution >= 0.6 is 0 Å². The molecule has 0 amide bonds. The summed E-state index contributed by atoms with van der Waals surface area (Å²) in [7, 11) is 0. The predicted molar refractivity (Wildman–Crippen MR) is 58.6 cm³/mol. The van der Waals surface area contributed by atoms with Gasteiger partial charge in [-0.05, 0) is 17.5 Å². The lowest BCUT2D eigenvalue weighted by atomic mass is 9.96. The van der Waals surface area contributed by atoms with Crippen LogP contribution in [0.25, 0.3) is 0 Å². The van der Waals surface area contributed by atoms with Crippen molar-refractivity contribution < 1.29 is 26.7 Å². The first-order valence-electron chi connectivity index (χ1n) is 5.67. The monoisotopic (exact) mass is 278 g/mol. The van der Waals surface area contributed by atoms with Crippen LogP contribution in [0, 0.1) is 0 Å². The maximum Gasteiger partial charge on any atom is 0.375 e. The molecule has 0 N–H and O–H groups in total. The predicted octanol–water partition coefficient (Wildman–Crippen LogP) is 4.23. The fourth-order valence-corrected chi connectivity index (χ4v) is 1.68. The summed E-state index contributed by atoms with van der Waals surface area (Å²) in [6, 6.07) is 6.76. The van der Waals surface area contributed by atoms with Gasteiger partial charge in [-0.1, -0.05) is 31.2 Å². The number of halogens is 5. The zero-order chi connectivity index (χ0) is 14.3. The van der Waals surface area contributed by atoms with Gasteiger partial charge in [-0.15, -0.1) is 0 Å². The molecule has 0 atom stereocenters. The second kappa shape index (κ2) is 4.51. The van der Waals surface area contributed by atoms with Gasteiger partial charge in [0.15, 0.2) is 0 Å². The van der Waals surface area contributed by atoms with Crippen LogP contribution in [-0.2, 0) is 17.8 Å². The van der Waals surface area contributed by atoms with E-state index in [0.29, 0.717) is 5.56 Å². The molecule has 0 spiro atoms. The van der Waals surface area contributed by atoms with Gasteiger partial charge >= 0.3 is 11.8 Å². The van der Waals surface area contributed by atoms with E-state index in [1.54, 1.807) is 24.3 Å². The second-order valence-corrected chi connectivity index (χ2v) is 4.25.